The van der Waals surface area contributed by atoms with Gasteiger partial charge in [-0.05, 0) is 31.2 Å². The molecule has 1 heterocycles. The fourth-order valence-electron chi connectivity index (χ4n) is 1.94. The van der Waals surface area contributed by atoms with Crippen molar-refractivity contribution in [1.82, 2.24) is 9.78 Å². The van der Waals surface area contributed by atoms with Gasteiger partial charge in [0.1, 0.15) is 0 Å². The zero-order valence-electron chi connectivity index (χ0n) is 11.1. The van der Waals surface area contributed by atoms with Gasteiger partial charge in [-0.25, -0.2) is 0 Å². The zero-order valence-corrected chi connectivity index (χ0v) is 13.5. The molecule has 2 aromatic rings. The van der Waals surface area contributed by atoms with E-state index in [4.69, 9.17) is 5.73 Å². The monoisotopic (exact) mass is 339 g/mol. The van der Waals surface area contributed by atoms with Crippen LogP contribution in [0.15, 0.2) is 39.7 Å². The summed E-state index contributed by atoms with van der Waals surface area (Å²) in [6.45, 7) is 2.01. The average Bonchev–Trinajstić information content (AvgIpc) is 2.65. The van der Waals surface area contributed by atoms with E-state index < -0.39 is 0 Å². The van der Waals surface area contributed by atoms with E-state index in [1.165, 1.54) is 10.6 Å². The van der Waals surface area contributed by atoms with Crippen LogP contribution in [0.1, 0.15) is 11.4 Å². The Kier molecular flexibility index (Phi) is 5.07. The van der Waals surface area contributed by atoms with Gasteiger partial charge in [0, 0.05) is 40.3 Å². The Balaban J connectivity index is 1.88. The number of rotatable bonds is 5. The third kappa shape index (κ3) is 4.37. The van der Waals surface area contributed by atoms with Crippen molar-refractivity contribution in [3.8, 4) is 0 Å². The molecule has 19 heavy (non-hydrogen) atoms. The van der Waals surface area contributed by atoms with Gasteiger partial charge in [0.15, 0.2) is 0 Å². The standard InChI is InChI=1S/C14H18BrN3S/c1-10-6-13(18(2)17-10)8-12(16)9-19-14-5-3-4-11(15)7-14/h3-7,12H,8-9,16H2,1-2H3. The van der Waals surface area contributed by atoms with Crippen molar-refractivity contribution in [1.29, 1.82) is 0 Å². The maximum absolute atomic E-state index is 6.20. The number of nitrogens with zero attached hydrogens (tertiary/aromatic N) is 2. The number of benzene rings is 1. The molecule has 0 amide bonds. The first-order chi connectivity index (χ1) is 9.04. The van der Waals surface area contributed by atoms with Crippen molar-refractivity contribution in [3.63, 3.8) is 0 Å². The van der Waals surface area contributed by atoms with E-state index in [-0.39, 0.29) is 6.04 Å². The minimum absolute atomic E-state index is 0.138. The minimum atomic E-state index is 0.138. The molecule has 0 fully saturated rings. The second kappa shape index (κ2) is 6.59. The van der Waals surface area contributed by atoms with Crippen LogP contribution in [0, 0.1) is 6.92 Å². The summed E-state index contributed by atoms with van der Waals surface area (Å²) < 4.78 is 3.02. The van der Waals surface area contributed by atoms with Crippen molar-refractivity contribution in [2.75, 3.05) is 5.75 Å². The van der Waals surface area contributed by atoms with E-state index in [0.717, 1.165) is 22.3 Å². The Hall–Kier alpha value is -0.780. The molecule has 1 aromatic heterocycles. The quantitative estimate of drug-likeness (QED) is 0.851. The lowest BCUT2D eigenvalue weighted by Gasteiger charge is -2.11. The summed E-state index contributed by atoms with van der Waals surface area (Å²) in [6.07, 6.45) is 0.859. The fraction of sp³-hybridized carbons (Fsp3) is 0.357. The smallest absolute Gasteiger partial charge is 0.0596 e. The van der Waals surface area contributed by atoms with Gasteiger partial charge in [0.25, 0.3) is 0 Å². The molecule has 0 aliphatic rings. The molecule has 2 N–H and O–H groups in total. The first-order valence-electron chi connectivity index (χ1n) is 6.18. The molecule has 0 aliphatic heterocycles. The first-order valence-corrected chi connectivity index (χ1v) is 7.96. The molecule has 3 nitrogen and oxygen atoms in total. The minimum Gasteiger partial charge on any atom is -0.327 e. The summed E-state index contributed by atoms with van der Waals surface area (Å²) in [5.74, 6) is 0.903. The molecule has 0 saturated heterocycles. The molecule has 0 bridgehead atoms. The number of hydrogen-bond acceptors (Lipinski definition) is 3. The average molecular weight is 340 g/mol. The van der Waals surface area contributed by atoms with E-state index in [1.54, 1.807) is 11.8 Å². The van der Waals surface area contributed by atoms with E-state index in [9.17, 15) is 0 Å². The molecule has 0 aliphatic carbocycles. The Labute approximate surface area is 126 Å². The van der Waals surface area contributed by atoms with Gasteiger partial charge >= 0.3 is 0 Å². The Morgan fingerprint density at radius 1 is 1.42 bits per heavy atom. The molecule has 5 heteroatoms. The van der Waals surface area contributed by atoms with Crippen molar-refractivity contribution in [2.45, 2.75) is 24.3 Å². The topological polar surface area (TPSA) is 43.8 Å². The second-order valence-corrected chi connectivity index (χ2v) is 6.64. The lowest BCUT2D eigenvalue weighted by molar-refractivity contribution is 0.653. The second-order valence-electron chi connectivity index (χ2n) is 4.63. The van der Waals surface area contributed by atoms with Gasteiger partial charge in [-0.1, -0.05) is 22.0 Å². The SMILES string of the molecule is Cc1cc(CC(N)CSc2cccc(Br)c2)n(C)n1. The van der Waals surface area contributed by atoms with E-state index in [2.05, 4.69) is 39.2 Å². The summed E-state index contributed by atoms with van der Waals surface area (Å²) in [6, 6.07) is 10.5. The number of nitrogens with two attached hydrogens (primary N) is 1. The number of thioether (sulfide) groups is 1. The largest absolute Gasteiger partial charge is 0.327 e. The van der Waals surface area contributed by atoms with E-state index >= 15 is 0 Å². The maximum atomic E-state index is 6.20. The van der Waals surface area contributed by atoms with Crippen LogP contribution in [0.25, 0.3) is 0 Å². The Morgan fingerprint density at radius 2 is 2.21 bits per heavy atom. The summed E-state index contributed by atoms with van der Waals surface area (Å²) in [4.78, 5) is 1.24. The van der Waals surface area contributed by atoms with Gasteiger partial charge in [-0.2, -0.15) is 5.10 Å². The molecule has 0 radical (unpaired) electrons. The zero-order chi connectivity index (χ0) is 13.8. The van der Waals surface area contributed by atoms with Crippen LogP contribution in [-0.2, 0) is 13.5 Å². The van der Waals surface area contributed by atoms with Gasteiger partial charge in [-0.15, -0.1) is 11.8 Å². The van der Waals surface area contributed by atoms with Crippen LogP contribution >= 0.6 is 27.7 Å². The molecule has 1 unspecified atom stereocenters. The third-order valence-electron chi connectivity index (χ3n) is 2.83. The molecule has 0 saturated carbocycles. The van der Waals surface area contributed by atoms with Crippen LogP contribution < -0.4 is 5.73 Å². The van der Waals surface area contributed by atoms with Crippen molar-refractivity contribution in [3.05, 3.63) is 46.2 Å². The van der Waals surface area contributed by atoms with Crippen LogP contribution in [0.3, 0.4) is 0 Å². The number of aromatic nitrogens is 2. The summed E-state index contributed by atoms with van der Waals surface area (Å²) in [5, 5.41) is 4.34. The molecule has 102 valence electrons. The normalized spacial score (nSPS) is 12.6. The van der Waals surface area contributed by atoms with Crippen LogP contribution in [0.5, 0.6) is 0 Å². The predicted molar refractivity (Wildman–Crippen MR) is 84.5 cm³/mol. The van der Waals surface area contributed by atoms with Crippen molar-refractivity contribution in [2.24, 2.45) is 12.8 Å². The molecule has 1 atom stereocenters. The van der Waals surface area contributed by atoms with Crippen LogP contribution in [-0.4, -0.2) is 21.6 Å². The fourth-order valence-corrected chi connectivity index (χ4v) is 3.40. The lowest BCUT2D eigenvalue weighted by atomic mass is 10.2. The maximum Gasteiger partial charge on any atom is 0.0596 e. The number of halogens is 1. The highest BCUT2D eigenvalue weighted by Crippen LogP contribution is 2.22. The van der Waals surface area contributed by atoms with E-state index in [0.29, 0.717) is 0 Å². The first kappa shape index (κ1) is 14.6. The molecule has 0 spiro atoms. The number of hydrogen-bond donors (Lipinski definition) is 1. The third-order valence-corrected chi connectivity index (χ3v) is 4.51. The van der Waals surface area contributed by atoms with Gasteiger partial charge in [0.2, 0.25) is 0 Å². The molecular weight excluding hydrogens is 322 g/mol. The van der Waals surface area contributed by atoms with Gasteiger partial charge in [0.05, 0.1) is 5.69 Å². The lowest BCUT2D eigenvalue weighted by Crippen LogP contribution is -2.26. The highest BCUT2D eigenvalue weighted by atomic mass is 79.9. The van der Waals surface area contributed by atoms with Crippen molar-refractivity contribution < 1.29 is 0 Å². The molecule has 1 aromatic carbocycles. The molecular formula is C14H18BrN3S. The van der Waals surface area contributed by atoms with Crippen LogP contribution in [0.2, 0.25) is 0 Å². The summed E-state index contributed by atoms with van der Waals surface area (Å²) in [5.41, 5.74) is 8.44. The predicted octanol–water partition coefficient (Wildman–Crippen LogP) is 3.15. The van der Waals surface area contributed by atoms with Crippen LogP contribution in [0.4, 0.5) is 0 Å². The number of aryl methyl sites for hydroxylation is 2. The summed E-state index contributed by atoms with van der Waals surface area (Å²) >= 11 is 5.27. The Bertz CT molecular complexity index is 553. The highest BCUT2D eigenvalue weighted by Gasteiger charge is 2.09. The van der Waals surface area contributed by atoms with Gasteiger partial charge in [-0.3, -0.25) is 4.68 Å². The molecule has 2 rings (SSSR count). The Morgan fingerprint density at radius 3 is 2.84 bits per heavy atom. The highest BCUT2D eigenvalue weighted by molar-refractivity contribution is 9.10. The van der Waals surface area contributed by atoms with Gasteiger partial charge < -0.3 is 5.73 Å². The van der Waals surface area contributed by atoms with E-state index in [1.807, 2.05) is 30.8 Å². The summed E-state index contributed by atoms with van der Waals surface area (Å²) in [7, 11) is 1.97. The van der Waals surface area contributed by atoms with Crippen molar-refractivity contribution >= 4 is 27.7 Å².